The Balaban J connectivity index is 2.56. The van der Waals surface area contributed by atoms with E-state index in [0.29, 0.717) is 29.7 Å². The quantitative estimate of drug-likeness (QED) is 0.841. The predicted octanol–water partition coefficient (Wildman–Crippen LogP) is 1.35. The molecule has 1 fully saturated rings. The van der Waals surface area contributed by atoms with Crippen molar-refractivity contribution in [1.29, 1.82) is 0 Å². The van der Waals surface area contributed by atoms with Crippen molar-refractivity contribution < 1.29 is 19.1 Å². The minimum atomic E-state index is -1.24. The summed E-state index contributed by atoms with van der Waals surface area (Å²) in [4.78, 5) is 25.8. The zero-order chi connectivity index (χ0) is 17.0. The van der Waals surface area contributed by atoms with E-state index >= 15 is 0 Å². The lowest BCUT2D eigenvalue weighted by molar-refractivity contribution is -0.130. The highest BCUT2D eigenvalue weighted by Crippen LogP contribution is 2.36. The molecule has 1 aliphatic heterocycles. The molecule has 0 unspecified atom stereocenters. The Bertz CT molecular complexity index is 663. The number of amides is 2. The summed E-state index contributed by atoms with van der Waals surface area (Å²) in [6.07, 6.45) is 5.81. The molecule has 0 spiro atoms. The lowest BCUT2D eigenvalue weighted by atomic mass is 9.86. The number of hydrogen-bond donors (Lipinski definition) is 1. The van der Waals surface area contributed by atoms with Gasteiger partial charge in [0.1, 0.15) is 11.3 Å². The van der Waals surface area contributed by atoms with Crippen LogP contribution in [0.5, 0.6) is 5.75 Å². The monoisotopic (exact) mass is 336 g/mol. The number of nitrogens with two attached hydrogens (primary N) is 1. The van der Waals surface area contributed by atoms with Crippen molar-refractivity contribution in [2.75, 3.05) is 25.2 Å². The minimum Gasteiger partial charge on any atom is -0.495 e. The molecule has 0 saturated carbocycles. The molecule has 122 valence electrons. The second-order valence-electron chi connectivity index (χ2n) is 5.11. The summed E-state index contributed by atoms with van der Waals surface area (Å²) in [6.45, 7) is 0.613. The van der Waals surface area contributed by atoms with Gasteiger partial charge in [0.05, 0.1) is 12.1 Å². The van der Waals surface area contributed by atoms with Crippen LogP contribution in [0.4, 0.5) is 5.69 Å². The van der Waals surface area contributed by atoms with Crippen LogP contribution in [0.1, 0.15) is 12.8 Å². The Kier molecular flexibility index (Phi) is 5.14. The molecule has 1 aromatic rings. The molecule has 1 aromatic carbocycles. The van der Waals surface area contributed by atoms with Crippen LogP contribution in [-0.2, 0) is 14.3 Å². The highest BCUT2D eigenvalue weighted by molar-refractivity contribution is 6.32. The first-order valence-corrected chi connectivity index (χ1v) is 7.36. The molecular weight excluding hydrogens is 320 g/mol. The van der Waals surface area contributed by atoms with E-state index in [1.807, 2.05) is 0 Å². The molecule has 1 aliphatic rings. The fourth-order valence-corrected chi connectivity index (χ4v) is 2.96. The maximum Gasteiger partial charge on any atom is 0.303 e. The average Bonchev–Trinajstić information content (AvgIpc) is 2.55. The van der Waals surface area contributed by atoms with E-state index in [1.165, 1.54) is 18.1 Å². The number of hydrogen-bond acceptors (Lipinski definition) is 4. The van der Waals surface area contributed by atoms with Gasteiger partial charge in [-0.25, -0.2) is 0 Å². The van der Waals surface area contributed by atoms with Crippen molar-refractivity contribution in [3.63, 3.8) is 0 Å². The number of anilines is 1. The maximum atomic E-state index is 12.4. The highest BCUT2D eigenvalue weighted by atomic mass is 35.5. The molecule has 7 heteroatoms. The van der Waals surface area contributed by atoms with Crippen LogP contribution in [0.2, 0.25) is 5.02 Å². The van der Waals surface area contributed by atoms with Gasteiger partial charge >= 0.3 is 5.91 Å². The van der Waals surface area contributed by atoms with Gasteiger partial charge in [0.15, 0.2) is 0 Å². The third kappa shape index (κ3) is 3.11. The van der Waals surface area contributed by atoms with Crippen LogP contribution < -0.4 is 15.4 Å². The van der Waals surface area contributed by atoms with E-state index in [4.69, 9.17) is 33.2 Å². The molecule has 0 atom stereocenters. The lowest BCUT2D eigenvalue weighted by Gasteiger charge is -2.42. The molecule has 1 heterocycles. The Morgan fingerprint density at radius 1 is 1.43 bits per heavy atom. The maximum absolute atomic E-state index is 12.4. The van der Waals surface area contributed by atoms with Crippen molar-refractivity contribution >= 4 is 29.1 Å². The summed E-state index contributed by atoms with van der Waals surface area (Å²) in [7, 11) is 1.48. The number of terminal acetylenes is 1. The van der Waals surface area contributed by atoms with E-state index in [0.717, 1.165) is 0 Å². The van der Waals surface area contributed by atoms with Gasteiger partial charge in [0.25, 0.3) is 0 Å². The molecule has 0 radical (unpaired) electrons. The topological polar surface area (TPSA) is 81.9 Å². The van der Waals surface area contributed by atoms with Crippen molar-refractivity contribution in [1.82, 2.24) is 0 Å². The number of rotatable bonds is 4. The summed E-state index contributed by atoms with van der Waals surface area (Å²) in [6, 6.07) is 4.73. The normalized spacial score (nSPS) is 16.2. The largest absolute Gasteiger partial charge is 0.495 e. The van der Waals surface area contributed by atoms with E-state index < -0.39 is 17.4 Å². The lowest BCUT2D eigenvalue weighted by Crippen LogP contribution is -2.62. The van der Waals surface area contributed by atoms with E-state index in [1.54, 1.807) is 12.1 Å². The third-order valence-electron chi connectivity index (χ3n) is 3.93. The second kappa shape index (κ2) is 6.90. The van der Waals surface area contributed by atoms with E-state index in [-0.39, 0.29) is 12.8 Å². The molecule has 2 amide bonds. The molecule has 23 heavy (non-hydrogen) atoms. The number of carbonyl (C=O) groups excluding carboxylic acids is 2. The van der Waals surface area contributed by atoms with Crippen LogP contribution >= 0.6 is 11.6 Å². The van der Waals surface area contributed by atoms with Crippen LogP contribution in [0.25, 0.3) is 0 Å². The first kappa shape index (κ1) is 17.1. The summed E-state index contributed by atoms with van der Waals surface area (Å²) < 4.78 is 10.4. The first-order valence-electron chi connectivity index (χ1n) is 6.98. The fraction of sp³-hybridized carbons (Fsp3) is 0.375. The van der Waals surface area contributed by atoms with Crippen LogP contribution in [0.3, 0.4) is 0 Å². The standard InChI is InChI=1S/C16H17ClN2O4/c1-3-14(20)19(11-4-5-13(22-2)12(17)10-11)16(15(18)21)6-8-23-9-7-16/h1,4-5,10H,6-9H2,2H3,(H2,18,21). The van der Waals surface area contributed by atoms with Crippen molar-refractivity contribution in [2.24, 2.45) is 5.73 Å². The number of methoxy groups -OCH3 is 1. The first-order chi connectivity index (χ1) is 11.0. The molecule has 0 bridgehead atoms. The molecular formula is C16H17ClN2O4. The summed E-state index contributed by atoms with van der Waals surface area (Å²) in [5, 5.41) is 0.298. The van der Waals surface area contributed by atoms with Crippen molar-refractivity contribution in [3.05, 3.63) is 23.2 Å². The fourth-order valence-electron chi connectivity index (χ4n) is 2.71. The van der Waals surface area contributed by atoms with Gasteiger partial charge in [-0.1, -0.05) is 11.6 Å². The zero-order valence-corrected chi connectivity index (χ0v) is 13.4. The number of ether oxygens (including phenoxy) is 2. The Morgan fingerprint density at radius 2 is 2.09 bits per heavy atom. The Hall–Kier alpha value is -2.23. The molecule has 1 saturated heterocycles. The summed E-state index contributed by atoms with van der Waals surface area (Å²) in [5.74, 6) is 1.21. The number of halogens is 1. The van der Waals surface area contributed by atoms with Gasteiger partial charge < -0.3 is 15.2 Å². The predicted molar refractivity (Wildman–Crippen MR) is 86.3 cm³/mol. The molecule has 0 aliphatic carbocycles. The van der Waals surface area contributed by atoms with Crippen molar-refractivity contribution in [2.45, 2.75) is 18.4 Å². The van der Waals surface area contributed by atoms with E-state index in [2.05, 4.69) is 5.92 Å². The minimum absolute atomic E-state index is 0.263. The molecule has 2 N–H and O–H groups in total. The van der Waals surface area contributed by atoms with Crippen LogP contribution in [0, 0.1) is 12.3 Å². The smallest absolute Gasteiger partial charge is 0.303 e. The van der Waals surface area contributed by atoms with Gasteiger partial charge in [0.2, 0.25) is 5.91 Å². The molecule has 0 aromatic heterocycles. The van der Waals surface area contributed by atoms with Gasteiger partial charge in [-0.15, -0.1) is 6.42 Å². The van der Waals surface area contributed by atoms with Gasteiger partial charge in [0, 0.05) is 31.7 Å². The third-order valence-corrected chi connectivity index (χ3v) is 4.22. The van der Waals surface area contributed by atoms with E-state index in [9.17, 15) is 9.59 Å². The summed E-state index contributed by atoms with van der Waals surface area (Å²) in [5.41, 5.74) is 4.76. The van der Waals surface area contributed by atoms with Gasteiger partial charge in [-0.3, -0.25) is 14.5 Å². The van der Waals surface area contributed by atoms with Gasteiger partial charge in [-0.05, 0) is 24.1 Å². The zero-order valence-electron chi connectivity index (χ0n) is 12.7. The Morgan fingerprint density at radius 3 is 2.57 bits per heavy atom. The SMILES string of the molecule is C#CC(=O)N(c1ccc(OC)c(Cl)c1)C1(C(N)=O)CCOCC1. The Labute approximate surface area is 139 Å². The van der Waals surface area contributed by atoms with Crippen molar-refractivity contribution in [3.8, 4) is 18.1 Å². The second-order valence-corrected chi connectivity index (χ2v) is 5.52. The molecule has 2 rings (SSSR count). The number of benzene rings is 1. The number of carbonyl (C=O) groups is 2. The van der Waals surface area contributed by atoms with Crippen LogP contribution in [-0.4, -0.2) is 37.7 Å². The summed E-state index contributed by atoms with van der Waals surface area (Å²) >= 11 is 6.13. The number of nitrogens with zero attached hydrogens (tertiary/aromatic N) is 1. The average molecular weight is 337 g/mol. The number of primary amides is 1. The highest BCUT2D eigenvalue weighted by Gasteiger charge is 2.47. The van der Waals surface area contributed by atoms with Gasteiger partial charge in [-0.2, -0.15) is 0 Å². The molecule has 6 nitrogen and oxygen atoms in total. The van der Waals surface area contributed by atoms with Crippen LogP contribution in [0.15, 0.2) is 18.2 Å².